The van der Waals surface area contributed by atoms with Gasteiger partial charge in [0.2, 0.25) is 0 Å². The van der Waals surface area contributed by atoms with E-state index in [0.29, 0.717) is 5.92 Å². The fraction of sp³-hybridized carbons (Fsp3) is 0.647. The van der Waals surface area contributed by atoms with Crippen molar-refractivity contribution in [1.29, 1.82) is 0 Å². The Kier molecular flexibility index (Phi) is 5.26. The number of ether oxygens (including phenoxy) is 1. The lowest BCUT2D eigenvalue weighted by Crippen LogP contribution is -2.38. The highest BCUT2D eigenvalue weighted by atomic mass is 16.5. The second kappa shape index (κ2) is 6.95. The highest BCUT2D eigenvalue weighted by Crippen LogP contribution is 2.34. The van der Waals surface area contributed by atoms with E-state index >= 15 is 0 Å². The molecule has 2 rings (SSSR count). The van der Waals surface area contributed by atoms with Crippen molar-refractivity contribution in [1.82, 2.24) is 0 Å². The van der Waals surface area contributed by atoms with Crippen molar-refractivity contribution in [2.45, 2.75) is 51.5 Å². The monoisotopic (exact) mass is 261 g/mol. The average Bonchev–Trinajstić information content (AvgIpc) is 2.47. The van der Waals surface area contributed by atoms with E-state index in [-0.39, 0.29) is 6.04 Å². The van der Waals surface area contributed by atoms with Gasteiger partial charge in [-0.3, -0.25) is 0 Å². The highest BCUT2D eigenvalue weighted by molar-refractivity contribution is 5.29. The van der Waals surface area contributed by atoms with Crippen LogP contribution < -0.4 is 10.5 Å². The molecule has 0 saturated heterocycles. The van der Waals surface area contributed by atoms with Gasteiger partial charge in [0, 0.05) is 6.04 Å². The van der Waals surface area contributed by atoms with E-state index in [0.717, 1.165) is 18.1 Å². The van der Waals surface area contributed by atoms with Crippen LogP contribution in [0.2, 0.25) is 0 Å². The maximum atomic E-state index is 6.50. The third-order valence-corrected chi connectivity index (χ3v) is 4.65. The first kappa shape index (κ1) is 14.4. The van der Waals surface area contributed by atoms with Gasteiger partial charge < -0.3 is 10.5 Å². The number of rotatable bonds is 5. The van der Waals surface area contributed by atoms with E-state index in [1.807, 2.05) is 6.07 Å². The Morgan fingerprint density at radius 2 is 2.11 bits per heavy atom. The van der Waals surface area contributed by atoms with Crippen molar-refractivity contribution in [3.8, 4) is 5.75 Å². The van der Waals surface area contributed by atoms with Crippen LogP contribution in [0.25, 0.3) is 0 Å². The van der Waals surface area contributed by atoms with Crippen LogP contribution >= 0.6 is 0 Å². The smallest absolute Gasteiger partial charge is 0.119 e. The van der Waals surface area contributed by atoms with Gasteiger partial charge in [-0.15, -0.1) is 0 Å². The first-order chi connectivity index (χ1) is 9.24. The summed E-state index contributed by atoms with van der Waals surface area (Å²) in [6.07, 6.45) is 7.67. The Balaban J connectivity index is 2.00. The topological polar surface area (TPSA) is 35.2 Å². The molecule has 0 bridgehead atoms. The summed E-state index contributed by atoms with van der Waals surface area (Å²) in [4.78, 5) is 0. The Morgan fingerprint density at radius 1 is 1.32 bits per heavy atom. The van der Waals surface area contributed by atoms with E-state index in [9.17, 15) is 0 Å². The fourth-order valence-electron chi connectivity index (χ4n) is 3.53. The minimum atomic E-state index is 0.289. The number of nitrogens with two attached hydrogens (primary N) is 1. The number of hydrogen-bond donors (Lipinski definition) is 1. The number of benzene rings is 1. The minimum absolute atomic E-state index is 0.289. The van der Waals surface area contributed by atoms with Crippen molar-refractivity contribution < 1.29 is 4.74 Å². The van der Waals surface area contributed by atoms with Gasteiger partial charge >= 0.3 is 0 Å². The summed E-state index contributed by atoms with van der Waals surface area (Å²) in [5.74, 6) is 2.46. The van der Waals surface area contributed by atoms with Crippen molar-refractivity contribution in [2.24, 2.45) is 17.6 Å². The van der Waals surface area contributed by atoms with Gasteiger partial charge in [0.15, 0.2) is 0 Å². The second-order valence-corrected chi connectivity index (χ2v) is 5.84. The van der Waals surface area contributed by atoms with Crippen LogP contribution in [-0.4, -0.2) is 13.2 Å². The Hall–Kier alpha value is -1.02. The maximum absolute atomic E-state index is 6.50. The molecule has 0 amide bonds. The molecule has 3 atom stereocenters. The molecule has 2 N–H and O–H groups in total. The van der Waals surface area contributed by atoms with Crippen LogP contribution in [0.4, 0.5) is 0 Å². The zero-order valence-electron chi connectivity index (χ0n) is 12.3. The molecule has 0 aliphatic heterocycles. The predicted molar refractivity (Wildman–Crippen MR) is 80.4 cm³/mol. The summed E-state index contributed by atoms with van der Waals surface area (Å²) in [5.41, 5.74) is 7.80. The zero-order chi connectivity index (χ0) is 13.7. The lowest BCUT2D eigenvalue weighted by Gasteiger charge is -2.35. The lowest BCUT2D eigenvalue weighted by molar-refractivity contribution is 0.195. The quantitative estimate of drug-likeness (QED) is 0.875. The summed E-state index contributed by atoms with van der Waals surface area (Å²) >= 11 is 0. The lowest BCUT2D eigenvalue weighted by atomic mass is 9.73. The summed E-state index contributed by atoms with van der Waals surface area (Å²) in [6.45, 7) is 2.31. The number of methoxy groups -OCH3 is 1. The van der Waals surface area contributed by atoms with Gasteiger partial charge in [0.05, 0.1) is 7.11 Å². The van der Waals surface area contributed by atoms with Gasteiger partial charge in [0.25, 0.3) is 0 Å². The first-order valence-corrected chi connectivity index (χ1v) is 7.63. The molecular formula is C17H27NO. The van der Waals surface area contributed by atoms with Gasteiger partial charge in [-0.1, -0.05) is 44.7 Å². The summed E-state index contributed by atoms with van der Waals surface area (Å²) in [7, 11) is 1.72. The molecule has 1 aromatic rings. The van der Waals surface area contributed by atoms with E-state index in [1.54, 1.807) is 7.11 Å². The van der Waals surface area contributed by atoms with E-state index < -0.39 is 0 Å². The molecule has 0 radical (unpaired) electrons. The Morgan fingerprint density at radius 3 is 2.84 bits per heavy atom. The van der Waals surface area contributed by atoms with Gasteiger partial charge in [-0.2, -0.15) is 0 Å². The van der Waals surface area contributed by atoms with Crippen LogP contribution in [0, 0.1) is 11.8 Å². The molecule has 0 spiro atoms. The molecule has 2 nitrogen and oxygen atoms in total. The molecule has 3 unspecified atom stereocenters. The van der Waals surface area contributed by atoms with E-state index in [4.69, 9.17) is 10.5 Å². The molecule has 1 aromatic carbocycles. The van der Waals surface area contributed by atoms with Crippen LogP contribution in [0.3, 0.4) is 0 Å². The van der Waals surface area contributed by atoms with Crippen LogP contribution in [0.15, 0.2) is 24.3 Å². The van der Waals surface area contributed by atoms with Gasteiger partial charge in [-0.05, 0) is 42.4 Å². The Labute approximate surface area is 117 Å². The van der Waals surface area contributed by atoms with Crippen molar-refractivity contribution >= 4 is 0 Å². The third-order valence-electron chi connectivity index (χ3n) is 4.65. The minimum Gasteiger partial charge on any atom is -0.497 e. The molecule has 1 fully saturated rings. The van der Waals surface area contributed by atoms with Gasteiger partial charge in [0.1, 0.15) is 5.75 Å². The summed E-state index contributed by atoms with van der Waals surface area (Å²) < 4.78 is 5.28. The molecule has 0 heterocycles. The van der Waals surface area contributed by atoms with Crippen molar-refractivity contribution in [3.05, 3.63) is 29.8 Å². The molecule has 1 aliphatic rings. The Bertz CT molecular complexity index is 391. The molecule has 0 aromatic heterocycles. The standard InChI is InChI=1S/C17H27NO/c1-3-14-8-4-5-10-16(14)17(18)12-13-7-6-9-15(11-13)19-2/h6-7,9,11,14,16-17H,3-5,8,10,12,18H2,1-2H3. The SMILES string of the molecule is CCC1CCCCC1C(N)Cc1cccc(OC)c1. The van der Waals surface area contributed by atoms with Crippen molar-refractivity contribution in [3.63, 3.8) is 0 Å². The number of hydrogen-bond acceptors (Lipinski definition) is 2. The van der Waals surface area contributed by atoms with Crippen molar-refractivity contribution in [2.75, 3.05) is 7.11 Å². The average molecular weight is 261 g/mol. The second-order valence-electron chi connectivity index (χ2n) is 5.84. The molecule has 1 saturated carbocycles. The summed E-state index contributed by atoms with van der Waals surface area (Å²) in [5, 5.41) is 0. The maximum Gasteiger partial charge on any atom is 0.119 e. The van der Waals surface area contributed by atoms with E-state index in [2.05, 4.69) is 25.1 Å². The molecule has 19 heavy (non-hydrogen) atoms. The molecule has 1 aliphatic carbocycles. The fourth-order valence-corrected chi connectivity index (χ4v) is 3.53. The zero-order valence-corrected chi connectivity index (χ0v) is 12.3. The third kappa shape index (κ3) is 3.73. The summed E-state index contributed by atoms with van der Waals surface area (Å²) in [6, 6.07) is 8.61. The first-order valence-electron chi connectivity index (χ1n) is 7.63. The van der Waals surface area contributed by atoms with Crippen LogP contribution in [-0.2, 0) is 6.42 Å². The largest absolute Gasteiger partial charge is 0.497 e. The van der Waals surface area contributed by atoms with E-state index in [1.165, 1.54) is 37.7 Å². The van der Waals surface area contributed by atoms with Crippen LogP contribution in [0.1, 0.15) is 44.6 Å². The van der Waals surface area contributed by atoms with Crippen LogP contribution in [0.5, 0.6) is 5.75 Å². The molecule has 2 heteroatoms. The highest BCUT2D eigenvalue weighted by Gasteiger charge is 2.28. The molecule has 106 valence electrons. The van der Waals surface area contributed by atoms with Gasteiger partial charge in [-0.25, -0.2) is 0 Å². The molecular weight excluding hydrogens is 234 g/mol. The predicted octanol–water partition coefficient (Wildman–Crippen LogP) is 3.78. The normalized spacial score (nSPS) is 25.0.